The van der Waals surface area contributed by atoms with Gasteiger partial charge in [-0.3, -0.25) is 4.79 Å². The van der Waals surface area contributed by atoms with Crippen LogP contribution < -0.4 is 15.4 Å². The van der Waals surface area contributed by atoms with Crippen LogP contribution in [-0.2, 0) is 27.8 Å². The molecule has 1 aliphatic rings. The van der Waals surface area contributed by atoms with Gasteiger partial charge in [-0.15, -0.1) is 0 Å². The van der Waals surface area contributed by atoms with Crippen molar-refractivity contribution < 1.29 is 26.4 Å². The van der Waals surface area contributed by atoms with Crippen LogP contribution in [0.4, 0.5) is 13.2 Å². The van der Waals surface area contributed by atoms with Gasteiger partial charge in [0.15, 0.2) is 0 Å². The molecular weight excluding hydrogens is 550 g/mol. The highest BCUT2D eigenvalue weighted by Gasteiger charge is 2.44. The second-order valence-electron chi connectivity index (χ2n) is 10.1. The summed E-state index contributed by atoms with van der Waals surface area (Å²) in [5.41, 5.74) is 2.91. The Labute approximate surface area is 225 Å². The van der Waals surface area contributed by atoms with Crippen molar-refractivity contribution in [2.24, 2.45) is 0 Å². The molecule has 0 aliphatic heterocycles. The van der Waals surface area contributed by atoms with Crippen molar-refractivity contribution in [2.75, 3.05) is 0 Å². The summed E-state index contributed by atoms with van der Waals surface area (Å²) in [6.45, 7) is 6.86. The van der Waals surface area contributed by atoms with Crippen molar-refractivity contribution in [2.45, 2.75) is 81.7 Å². The lowest BCUT2D eigenvalue weighted by atomic mass is 9.86. The Morgan fingerprint density at radius 1 is 1.11 bits per heavy atom. The number of alkyl halides is 3. The van der Waals surface area contributed by atoms with Crippen LogP contribution >= 0.6 is 23.2 Å². The molecule has 1 aliphatic carbocycles. The molecule has 0 spiro atoms. The lowest BCUT2D eigenvalue weighted by Crippen LogP contribution is -2.48. The number of rotatable bonds is 8. The van der Waals surface area contributed by atoms with E-state index in [4.69, 9.17) is 23.2 Å². The normalized spacial score (nSPS) is 17.2. The van der Waals surface area contributed by atoms with Crippen LogP contribution in [0.5, 0.6) is 0 Å². The number of benzene rings is 2. The van der Waals surface area contributed by atoms with Crippen LogP contribution in [0, 0.1) is 0 Å². The Morgan fingerprint density at radius 3 is 2.46 bits per heavy atom. The highest BCUT2D eigenvalue weighted by atomic mass is 35.5. The van der Waals surface area contributed by atoms with Crippen LogP contribution in [0.15, 0.2) is 41.3 Å². The number of nitrogens with one attached hydrogen (secondary N) is 3. The predicted octanol–water partition coefficient (Wildman–Crippen LogP) is 5.67. The molecule has 0 radical (unpaired) electrons. The third-order valence-electron chi connectivity index (χ3n) is 5.94. The molecule has 1 amide bonds. The van der Waals surface area contributed by atoms with E-state index in [9.17, 15) is 26.4 Å². The molecule has 0 heterocycles. The second-order valence-corrected chi connectivity index (χ2v) is 12.7. The van der Waals surface area contributed by atoms with Crippen molar-refractivity contribution in [3.05, 3.63) is 63.1 Å². The van der Waals surface area contributed by atoms with Crippen LogP contribution in [0.2, 0.25) is 10.0 Å². The summed E-state index contributed by atoms with van der Waals surface area (Å²) in [4.78, 5) is 12.1. The summed E-state index contributed by atoms with van der Waals surface area (Å²) in [5, 5.41) is 5.77. The van der Waals surface area contributed by atoms with E-state index in [0.29, 0.717) is 13.0 Å². The van der Waals surface area contributed by atoms with Gasteiger partial charge in [0.25, 0.3) is 0 Å². The van der Waals surface area contributed by atoms with Crippen LogP contribution in [0.1, 0.15) is 62.8 Å². The summed E-state index contributed by atoms with van der Waals surface area (Å²) >= 11 is 11.7. The zero-order chi connectivity index (χ0) is 27.6. The highest BCUT2D eigenvalue weighted by Crippen LogP contribution is 2.32. The van der Waals surface area contributed by atoms with Gasteiger partial charge in [-0.25, -0.2) is 8.42 Å². The predicted molar refractivity (Wildman–Crippen MR) is 138 cm³/mol. The minimum atomic E-state index is -5.02. The number of halogens is 5. The maximum Gasteiger partial charge on any atom is 0.405 e. The Morgan fingerprint density at radius 2 is 1.81 bits per heavy atom. The third-order valence-corrected chi connectivity index (χ3v) is 8.13. The lowest BCUT2D eigenvalue weighted by molar-refractivity contribution is -0.158. The smallest absolute Gasteiger partial charge is 0.349 e. The first kappa shape index (κ1) is 29.7. The maximum absolute atomic E-state index is 13.8. The molecule has 2 aromatic carbocycles. The molecule has 0 saturated heterocycles. The molecule has 0 unspecified atom stereocenters. The van der Waals surface area contributed by atoms with Gasteiger partial charge in [-0.2, -0.15) is 17.9 Å². The summed E-state index contributed by atoms with van der Waals surface area (Å²) < 4.78 is 68.1. The fourth-order valence-electron chi connectivity index (χ4n) is 4.09. The zero-order valence-corrected chi connectivity index (χ0v) is 23.0. The minimum absolute atomic E-state index is 0.0145. The number of aryl methyl sites for hydroxylation is 1. The van der Waals surface area contributed by atoms with Gasteiger partial charge < -0.3 is 10.6 Å². The molecule has 12 heteroatoms. The molecule has 2 atom stereocenters. The molecule has 0 aromatic heterocycles. The first-order valence-corrected chi connectivity index (χ1v) is 14.0. The largest absolute Gasteiger partial charge is 0.405 e. The van der Waals surface area contributed by atoms with E-state index in [1.807, 2.05) is 18.2 Å². The van der Waals surface area contributed by atoms with E-state index >= 15 is 0 Å². The number of amides is 1. The average molecular weight is 581 g/mol. The number of fused-ring (bicyclic) bond motifs is 1. The zero-order valence-electron chi connectivity index (χ0n) is 20.7. The van der Waals surface area contributed by atoms with Gasteiger partial charge in [0.05, 0.1) is 17.5 Å². The SMILES string of the molecule is CC(C)(C)NCc1ccc2c(c1)CCC[C@H]2NC(=O)C[C@@H](NS(=O)(=O)c1cc(Cl)ccc1Cl)C(F)(F)F. The van der Waals surface area contributed by atoms with Gasteiger partial charge in [-0.05, 0) is 74.9 Å². The second kappa shape index (κ2) is 11.5. The Hall–Kier alpha value is -1.85. The fraction of sp³-hybridized carbons (Fsp3) is 0.480. The molecule has 0 fully saturated rings. The van der Waals surface area contributed by atoms with E-state index in [-0.39, 0.29) is 15.6 Å². The lowest BCUT2D eigenvalue weighted by Gasteiger charge is -2.28. The monoisotopic (exact) mass is 579 g/mol. The number of sulfonamides is 1. The minimum Gasteiger partial charge on any atom is -0.349 e. The number of carbonyl (C=O) groups is 1. The van der Waals surface area contributed by atoms with Crippen LogP contribution in [-0.4, -0.2) is 32.1 Å². The van der Waals surface area contributed by atoms with Gasteiger partial charge in [0.1, 0.15) is 10.9 Å². The third kappa shape index (κ3) is 8.32. The highest BCUT2D eigenvalue weighted by molar-refractivity contribution is 7.89. The number of hydrogen-bond acceptors (Lipinski definition) is 4. The van der Waals surface area contributed by atoms with Gasteiger partial charge >= 0.3 is 6.18 Å². The van der Waals surface area contributed by atoms with E-state index in [1.54, 1.807) is 4.72 Å². The first-order valence-electron chi connectivity index (χ1n) is 11.8. The number of hydrogen-bond donors (Lipinski definition) is 3. The van der Waals surface area contributed by atoms with Gasteiger partial charge in [-0.1, -0.05) is 41.4 Å². The molecule has 37 heavy (non-hydrogen) atoms. The maximum atomic E-state index is 13.8. The molecule has 2 aromatic rings. The summed E-state index contributed by atoms with van der Waals surface area (Å²) in [7, 11) is -4.72. The van der Waals surface area contributed by atoms with E-state index < -0.39 is 45.5 Å². The van der Waals surface area contributed by atoms with Crippen molar-refractivity contribution in [1.29, 1.82) is 0 Å². The summed E-state index contributed by atoms with van der Waals surface area (Å²) in [5.74, 6) is -0.918. The van der Waals surface area contributed by atoms with E-state index in [2.05, 4.69) is 31.4 Å². The van der Waals surface area contributed by atoms with Gasteiger partial charge in [0, 0.05) is 17.1 Å². The summed E-state index contributed by atoms with van der Waals surface area (Å²) in [6.07, 6.45) is -4.01. The topological polar surface area (TPSA) is 87.3 Å². The molecule has 3 N–H and O–H groups in total. The standard InChI is InChI=1S/C25H30Cl2F3N3O3S/c1-24(2,3)31-14-15-7-9-18-16(11-15)5-4-6-20(18)32-23(34)13-22(25(28,29)30)33-37(35,36)21-12-17(26)8-10-19(21)27/h7-12,20,22,31,33H,4-6,13-14H2,1-3H3,(H,32,34)/t20-,22-/m1/s1. The van der Waals surface area contributed by atoms with Gasteiger partial charge in [0.2, 0.25) is 15.9 Å². The van der Waals surface area contributed by atoms with Crippen molar-refractivity contribution in [1.82, 2.24) is 15.4 Å². The summed E-state index contributed by atoms with van der Waals surface area (Å²) in [6, 6.07) is 6.18. The molecule has 0 saturated carbocycles. The molecular formula is C25H30Cl2F3N3O3S. The molecule has 6 nitrogen and oxygen atoms in total. The molecule has 204 valence electrons. The number of carbonyl (C=O) groups excluding carboxylic acids is 1. The first-order chi connectivity index (χ1) is 17.0. The quantitative estimate of drug-likeness (QED) is 0.376. The Kier molecular flexibility index (Phi) is 9.22. The molecule has 3 rings (SSSR count). The molecule has 0 bridgehead atoms. The fourth-order valence-corrected chi connectivity index (χ4v) is 6.08. The van der Waals surface area contributed by atoms with E-state index in [1.165, 1.54) is 12.1 Å². The van der Waals surface area contributed by atoms with Crippen molar-refractivity contribution in [3.8, 4) is 0 Å². The van der Waals surface area contributed by atoms with Crippen molar-refractivity contribution >= 4 is 39.1 Å². The van der Waals surface area contributed by atoms with Crippen molar-refractivity contribution in [3.63, 3.8) is 0 Å². The average Bonchev–Trinajstić information content (AvgIpc) is 2.77. The van der Waals surface area contributed by atoms with E-state index in [0.717, 1.165) is 35.6 Å². The Bertz CT molecular complexity index is 1250. The van der Waals surface area contributed by atoms with Crippen LogP contribution in [0.25, 0.3) is 0 Å². The Balaban J connectivity index is 1.73. The van der Waals surface area contributed by atoms with Crippen LogP contribution in [0.3, 0.4) is 0 Å².